The van der Waals surface area contributed by atoms with Crippen LogP contribution in [0, 0.1) is 40.4 Å². The summed E-state index contributed by atoms with van der Waals surface area (Å²) in [4.78, 5) is 14.1. The number of hydrogen-bond donors (Lipinski definition) is 4. The van der Waals surface area contributed by atoms with E-state index in [1.807, 2.05) is 19.9 Å². The molecule has 2 heterocycles. The molecule has 3 saturated carbocycles. The van der Waals surface area contributed by atoms with Crippen LogP contribution in [0.5, 0.6) is 0 Å². The lowest BCUT2D eigenvalue weighted by molar-refractivity contribution is -0.195. The van der Waals surface area contributed by atoms with E-state index in [1.165, 1.54) is 5.56 Å². The van der Waals surface area contributed by atoms with Crippen LogP contribution < -0.4 is 0 Å². The Bertz CT molecular complexity index is 1370. The molecule has 0 unspecified atom stereocenters. The van der Waals surface area contributed by atoms with Crippen LogP contribution in [0.4, 0.5) is 0 Å². The van der Waals surface area contributed by atoms with Crippen molar-refractivity contribution in [1.82, 2.24) is 0 Å². The summed E-state index contributed by atoms with van der Waals surface area (Å²) < 4.78 is 12.5. The first kappa shape index (κ1) is 31.7. The van der Waals surface area contributed by atoms with Gasteiger partial charge in [-0.1, -0.05) is 63.3 Å². The number of ketones is 1. The fourth-order valence-corrected chi connectivity index (χ4v) is 11.1. The minimum atomic E-state index is -1.54. The van der Waals surface area contributed by atoms with Crippen molar-refractivity contribution >= 4 is 5.78 Å². The van der Waals surface area contributed by atoms with E-state index < -0.39 is 40.3 Å². The van der Waals surface area contributed by atoms with Crippen molar-refractivity contribution in [2.24, 2.45) is 40.4 Å². The summed E-state index contributed by atoms with van der Waals surface area (Å²) >= 11 is 0. The van der Waals surface area contributed by atoms with Gasteiger partial charge in [-0.25, -0.2) is 0 Å². The molecule has 2 aliphatic heterocycles. The molecule has 1 spiro atoms. The van der Waals surface area contributed by atoms with Crippen LogP contribution >= 0.6 is 0 Å². The monoisotopic (exact) mass is 620 g/mol. The van der Waals surface area contributed by atoms with Crippen molar-refractivity contribution in [1.29, 1.82) is 0 Å². The van der Waals surface area contributed by atoms with Gasteiger partial charge in [0.2, 0.25) is 0 Å². The number of carbonyl (C=O) groups is 1. The van der Waals surface area contributed by atoms with Gasteiger partial charge < -0.3 is 29.9 Å². The second-order valence-corrected chi connectivity index (χ2v) is 16.3. The van der Waals surface area contributed by atoms with Crippen LogP contribution in [0.15, 0.2) is 54.1 Å². The van der Waals surface area contributed by atoms with Gasteiger partial charge in [0.05, 0.1) is 36.1 Å². The highest BCUT2D eigenvalue weighted by molar-refractivity contribution is 5.95. The molecule has 13 atom stereocenters. The van der Waals surface area contributed by atoms with E-state index in [0.717, 1.165) is 24.8 Å². The van der Waals surface area contributed by atoms with Crippen molar-refractivity contribution in [3.63, 3.8) is 0 Å². The number of carbonyl (C=O) groups excluding carboxylic acids is 1. The first-order chi connectivity index (χ1) is 21.3. The van der Waals surface area contributed by atoms with Gasteiger partial charge in [-0.2, -0.15) is 0 Å². The number of fused-ring (bicyclic) bond motifs is 5. The van der Waals surface area contributed by atoms with Crippen LogP contribution in [0.3, 0.4) is 0 Å². The molecule has 1 aromatic rings. The van der Waals surface area contributed by atoms with E-state index in [9.17, 15) is 25.2 Å². The summed E-state index contributed by atoms with van der Waals surface area (Å²) in [5.74, 6) is -0.382. The zero-order valence-electron chi connectivity index (χ0n) is 27.3. The fourth-order valence-electron chi connectivity index (χ4n) is 11.1. The molecule has 246 valence electrons. The summed E-state index contributed by atoms with van der Waals surface area (Å²) in [6.07, 6.45) is 9.22. The number of rotatable bonds is 5. The molecule has 0 aromatic heterocycles. The third kappa shape index (κ3) is 4.55. The molecule has 45 heavy (non-hydrogen) atoms. The highest BCUT2D eigenvalue weighted by Crippen LogP contribution is 2.69. The number of allylic oxidation sites excluding steroid dienone is 1. The Balaban J connectivity index is 1.14. The van der Waals surface area contributed by atoms with Crippen molar-refractivity contribution < 1.29 is 34.7 Å². The lowest BCUT2D eigenvalue weighted by Gasteiger charge is -2.61. The van der Waals surface area contributed by atoms with Crippen molar-refractivity contribution in [3.8, 4) is 0 Å². The van der Waals surface area contributed by atoms with Gasteiger partial charge in [-0.05, 0) is 92.3 Å². The number of benzene rings is 1. The number of aliphatic hydroxyl groups is 4. The van der Waals surface area contributed by atoms with E-state index in [1.54, 1.807) is 13.0 Å². The maximum absolute atomic E-state index is 14.1. The molecule has 0 amide bonds. The summed E-state index contributed by atoms with van der Waals surface area (Å²) in [6.45, 7) is 8.89. The Hall–Kier alpha value is -1.87. The SMILES string of the molecule is C[C@@H]1CO[C@H]([C@@H](O)[C@@](C)(O)[C@@H]2CC[C@]3(O)C4=CC(=O)[C@H]5C[C@]6(C=C[C@H](c7ccccc7)CO6)CC[C@]5(C)[C@@H]4CC[C@]23C)[C@@H]1CO. The van der Waals surface area contributed by atoms with Crippen LogP contribution in [0.25, 0.3) is 0 Å². The largest absolute Gasteiger partial charge is 0.396 e. The first-order valence-electron chi connectivity index (χ1n) is 17.3. The van der Waals surface area contributed by atoms with Crippen molar-refractivity contribution in [2.75, 3.05) is 19.8 Å². The molecule has 6 aliphatic rings. The topological polar surface area (TPSA) is 116 Å². The average Bonchev–Trinajstić information content (AvgIpc) is 3.55. The van der Waals surface area contributed by atoms with E-state index in [4.69, 9.17) is 9.47 Å². The minimum Gasteiger partial charge on any atom is -0.396 e. The quantitative estimate of drug-likeness (QED) is 0.352. The summed E-state index contributed by atoms with van der Waals surface area (Å²) in [5.41, 5.74) is -2.14. The summed E-state index contributed by atoms with van der Waals surface area (Å²) in [5, 5.41) is 46.3. The van der Waals surface area contributed by atoms with Gasteiger partial charge in [-0.15, -0.1) is 0 Å². The minimum absolute atomic E-state index is 0.0756. The Morgan fingerprint density at radius 3 is 2.49 bits per heavy atom. The van der Waals surface area contributed by atoms with Crippen molar-refractivity contribution in [3.05, 3.63) is 59.7 Å². The summed E-state index contributed by atoms with van der Waals surface area (Å²) in [6, 6.07) is 10.4. The van der Waals surface area contributed by atoms with Gasteiger partial charge in [-0.3, -0.25) is 4.79 Å². The van der Waals surface area contributed by atoms with E-state index in [2.05, 4.69) is 43.3 Å². The molecule has 1 aromatic carbocycles. The van der Waals surface area contributed by atoms with E-state index in [0.29, 0.717) is 38.9 Å². The van der Waals surface area contributed by atoms with Gasteiger partial charge in [0.15, 0.2) is 5.78 Å². The third-order valence-electron chi connectivity index (χ3n) is 14.1. The van der Waals surface area contributed by atoms with Crippen LogP contribution in [-0.2, 0) is 14.3 Å². The molecule has 0 bridgehead atoms. The average molecular weight is 621 g/mol. The molecule has 7 nitrogen and oxygen atoms in total. The first-order valence-corrected chi connectivity index (χ1v) is 17.3. The van der Waals surface area contributed by atoms with E-state index in [-0.39, 0.29) is 47.4 Å². The number of hydrogen-bond acceptors (Lipinski definition) is 7. The smallest absolute Gasteiger partial charge is 0.159 e. The van der Waals surface area contributed by atoms with Gasteiger partial charge in [0, 0.05) is 29.8 Å². The maximum Gasteiger partial charge on any atom is 0.159 e. The molecule has 7 heteroatoms. The lowest BCUT2D eigenvalue weighted by Crippen LogP contribution is -2.63. The molecule has 4 fully saturated rings. The predicted molar refractivity (Wildman–Crippen MR) is 170 cm³/mol. The predicted octanol–water partition coefficient (Wildman–Crippen LogP) is 4.72. The zero-order chi connectivity index (χ0) is 32.0. The van der Waals surface area contributed by atoms with Crippen LogP contribution in [0.1, 0.15) is 84.1 Å². The Morgan fingerprint density at radius 2 is 1.80 bits per heavy atom. The molecular formula is C38H52O7. The normalized spacial score (nSPS) is 47.9. The molecule has 7 rings (SSSR count). The standard InChI is InChI=1S/C38H52O7/c1-23-21-44-32(26(23)20-39)33(41)36(4,42)31-12-15-38(43)28-18-30(40)29-19-37(14-10-25(22-45-37)24-8-6-5-7-9-24)17-16-34(29,2)27(28)11-13-35(31,38)3/h5-10,14,18,23,25-27,29,31-33,39,41-43H,11-13,15-17,19-22H2,1-4H3/t23-,25+,26-,27-,29-,31-,32+,33-,34-,35-,36+,37+,38+/m1/s1. The maximum atomic E-state index is 14.1. The second kappa shape index (κ2) is 10.8. The third-order valence-corrected chi connectivity index (χ3v) is 14.1. The van der Waals surface area contributed by atoms with E-state index >= 15 is 0 Å². The highest BCUT2D eigenvalue weighted by Gasteiger charge is 2.70. The lowest BCUT2D eigenvalue weighted by atomic mass is 9.45. The van der Waals surface area contributed by atoms with Crippen LogP contribution in [-0.4, -0.2) is 75.0 Å². The van der Waals surface area contributed by atoms with Gasteiger partial charge in [0.25, 0.3) is 0 Å². The van der Waals surface area contributed by atoms with Crippen LogP contribution in [0.2, 0.25) is 0 Å². The van der Waals surface area contributed by atoms with Gasteiger partial charge >= 0.3 is 0 Å². The van der Waals surface area contributed by atoms with Crippen molar-refractivity contribution in [2.45, 2.75) is 108 Å². The molecular weight excluding hydrogens is 568 g/mol. The molecule has 4 N–H and O–H groups in total. The number of aliphatic hydroxyl groups excluding tert-OH is 2. The molecule has 0 radical (unpaired) electrons. The Kier molecular flexibility index (Phi) is 7.63. The molecule has 1 saturated heterocycles. The fraction of sp³-hybridized carbons (Fsp3) is 0.711. The highest BCUT2D eigenvalue weighted by atomic mass is 16.5. The number of ether oxygens (including phenoxy) is 2. The van der Waals surface area contributed by atoms with Gasteiger partial charge in [0.1, 0.15) is 6.10 Å². The molecule has 4 aliphatic carbocycles. The zero-order valence-corrected chi connectivity index (χ0v) is 27.3. The summed E-state index contributed by atoms with van der Waals surface area (Å²) in [7, 11) is 0. The Labute approximate surface area is 267 Å². The Morgan fingerprint density at radius 1 is 1.04 bits per heavy atom. The second-order valence-electron chi connectivity index (χ2n) is 16.3.